The molecule has 0 aliphatic carbocycles. The van der Waals surface area contributed by atoms with Gasteiger partial charge in [-0.15, -0.1) is 0 Å². The summed E-state index contributed by atoms with van der Waals surface area (Å²) in [6.45, 7) is 1.94. The summed E-state index contributed by atoms with van der Waals surface area (Å²) in [6.07, 6.45) is 0. The fourth-order valence-electron chi connectivity index (χ4n) is 4.06. The van der Waals surface area contributed by atoms with E-state index in [0.717, 1.165) is 27.9 Å². The zero-order valence-electron chi connectivity index (χ0n) is 15.7. The molecule has 2 aliphatic heterocycles. The fraction of sp³-hybridized carbons (Fsp3) is 0.174. The Hall–Kier alpha value is -2.98. The van der Waals surface area contributed by atoms with Gasteiger partial charge in [0.15, 0.2) is 5.60 Å². The maximum atomic E-state index is 12.8. The minimum Gasteiger partial charge on any atom is -0.456 e. The van der Waals surface area contributed by atoms with Crippen LogP contribution in [0.25, 0.3) is 0 Å². The van der Waals surface area contributed by atoms with Gasteiger partial charge >= 0.3 is 5.97 Å². The lowest BCUT2D eigenvalue weighted by atomic mass is 9.77. The van der Waals surface area contributed by atoms with E-state index in [1.165, 1.54) is 0 Å². The summed E-state index contributed by atoms with van der Waals surface area (Å²) >= 11 is 6.37. The Balaban J connectivity index is 1.90. The van der Waals surface area contributed by atoms with Crippen LogP contribution in [-0.4, -0.2) is 20.1 Å². The normalized spacial score (nSPS) is 18.8. The lowest BCUT2D eigenvalue weighted by Crippen LogP contribution is -2.33. The Morgan fingerprint density at radius 3 is 2.46 bits per heavy atom. The van der Waals surface area contributed by atoms with Gasteiger partial charge in [-0.3, -0.25) is 0 Å². The third-order valence-electron chi connectivity index (χ3n) is 5.49. The number of benzene rings is 3. The van der Waals surface area contributed by atoms with Gasteiger partial charge in [-0.25, -0.2) is 4.79 Å². The minimum atomic E-state index is -1.06. The number of aryl methyl sites for hydroxylation is 1. The maximum Gasteiger partial charge on any atom is 0.340 e. The van der Waals surface area contributed by atoms with E-state index in [9.17, 15) is 4.79 Å². The van der Waals surface area contributed by atoms with Crippen molar-refractivity contribution in [3.63, 3.8) is 0 Å². The number of anilines is 1. The van der Waals surface area contributed by atoms with Gasteiger partial charge in [0, 0.05) is 47.6 Å². The van der Waals surface area contributed by atoms with Gasteiger partial charge in [0.25, 0.3) is 0 Å². The van der Waals surface area contributed by atoms with Crippen molar-refractivity contribution in [3.05, 3.63) is 87.4 Å². The van der Waals surface area contributed by atoms with E-state index in [1.54, 1.807) is 12.1 Å². The number of esters is 1. The number of hydrogen-bond acceptors (Lipinski definition) is 4. The van der Waals surface area contributed by atoms with Gasteiger partial charge in [-0.2, -0.15) is 0 Å². The summed E-state index contributed by atoms with van der Waals surface area (Å²) in [7, 11) is 3.95. The molecule has 3 aromatic rings. The average Bonchev–Trinajstić information content (AvgIpc) is 2.97. The standard InChI is InChI=1S/C23H18ClNO3/c1-13-10-17-21(12-19(13)24)27-20-9-8-14(25(2)3)11-18(20)23(17)16-7-5-4-6-15(16)22(26)28-23/h4-12H,1-3H3. The zero-order valence-corrected chi connectivity index (χ0v) is 16.5. The van der Waals surface area contributed by atoms with E-state index < -0.39 is 5.60 Å². The molecule has 2 aliphatic rings. The van der Waals surface area contributed by atoms with Crippen LogP contribution in [-0.2, 0) is 10.3 Å². The van der Waals surface area contributed by atoms with E-state index in [1.807, 2.05) is 68.4 Å². The van der Waals surface area contributed by atoms with E-state index in [2.05, 4.69) is 0 Å². The number of halogens is 1. The van der Waals surface area contributed by atoms with Crippen LogP contribution in [0, 0.1) is 6.92 Å². The Kier molecular flexibility index (Phi) is 3.52. The second-order valence-electron chi connectivity index (χ2n) is 7.39. The van der Waals surface area contributed by atoms with Crippen LogP contribution >= 0.6 is 11.6 Å². The van der Waals surface area contributed by atoms with Crippen LogP contribution in [0.1, 0.15) is 32.6 Å². The molecular formula is C23H18ClNO3. The molecule has 28 heavy (non-hydrogen) atoms. The SMILES string of the molecule is Cc1cc2c(cc1Cl)Oc1ccc(N(C)C)cc1C21OC(=O)c2ccccc21. The first kappa shape index (κ1) is 17.1. The van der Waals surface area contributed by atoms with Crippen molar-refractivity contribution >= 4 is 23.3 Å². The molecule has 0 N–H and O–H groups in total. The fourth-order valence-corrected chi connectivity index (χ4v) is 4.22. The van der Waals surface area contributed by atoms with Crippen molar-refractivity contribution in [3.8, 4) is 11.5 Å². The van der Waals surface area contributed by atoms with Crippen LogP contribution < -0.4 is 9.64 Å². The third kappa shape index (κ3) is 2.15. The quantitative estimate of drug-likeness (QED) is 0.529. The molecule has 1 spiro atoms. The van der Waals surface area contributed by atoms with Gasteiger partial charge in [-0.05, 0) is 42.8 Å². The molecule has 4 nitrogen and oxygen atoms in total. The van der Waals surface area contributed by atoms with Gasteiger partial charge < -0.3 is 14.4 Å². The average molecular weight is 392 g/mol. The Bertz CT molecular complexity index is 1150. The first-order valence-electron chi connectivity index (χ1n) is 9.05. The van der Waals surface area contributed by atoms with Gasteiger partial charge in [0.1, 0.15) is 11.5 Å². The molecule has 140 valence electrons. The van der Waals surface area contributed by atoms with E-state index in [-0.39, 0.29) is 5.97 Å². The molecule has 0 radical (unpaired) electrons. The lowest BCUT2D eigenvalue weighted by Gasteiger charge is -2.37. The summed E-state index contributed by atoms with van der Waals surface area (Å²) in [4.78, 5) is 14.8. The van der Waals surface area contributed by atoms with Crippen LogP contribution in [0.3, 0.4) is 0 Å². The largest absolute Gasteiger partial charge is 0.456 e. The zero-order chi connectivity index (χ0) is 19.6. The van der Waals surface area contributed by atoms with Crippen molar-refractivity contribution in [2.75, 3.05) is 19.0 Å². The lowest BCUT2D eigenvalue weighted by molar-refractivity contribution is 0.0224. The number of carbonyl (C=O) groups excluding carboxylic acids is 1. The highest BCUT2D eigenvalue weighted by Crippen LogP contribution is 2.57. The molecule has 2 heterocycles. The summed E-state index contributed by atoms with van der Waals surface area (Å²) in [5.41, 5.74) is 3.83. The molecule has 1 atom stereocenters. The molecule has 3 aromatic carbocycles. The molecule has 5 rings (SSSR count). The Morgan fingerprint density at radius 1 is 0.929 bits per heavy atom. The third-order valence-corrected chi connectivity index (χ3v) is 5.90. The van der Waals surface area contributed by atoms with Crippen molar-refractivity contribution in [1.82, 2.24) is 0 Å². The number of ether oxygens (including phenoxy) is 2. The molecule has 0 aromatic heterocycles. The molecule has 0 amide bonds. The van der Waals surface area contributed by atoms with Crippen LogP contribution in [0.2, 0.25) is 5.02 Å². The molecule has 1 unspecified atom stereocenters. The number of carbonyl (C=O) groups is 1. The number of rotatable bonds is 1. The van der Waals surface area contributed by atoms with Crippen LogP contribution in [0.15, 0.2) is 54.6 Å². The monoisotopic (exact) mass is 391 g/mol. The first-order valence-corrected chi connectivity index (χ1v) is 9.43. The molecular weight excluding hydrogens is 374 g/mol. The van der Waals surface area contributed by atoms with E-state index >= 15 is 0 Å². The second kappa shape index (κ2) is 5.76. The van der Waals surface area contributed by atoms with E-state index in [4.69, 9.17) is 21.1 Å². The highest BCUT2D eigenvalue weighted by atomic mass is 35.5. The van der Waals surface area contributed by atoms with Gasteiger partial charge in [0.2, 0.25) is 0 Å². The summed E-state index contributed by atoms with van der Waals surface area (Å²) in [5, 5.41) is 0.611. The van der Waals surface area contributed by atoms with Crippen molar-refractivity contribution in [2.24, 2.45) is 0 Å². The topological polar surface area (TPSA) is 38.8 Å². The predicted octanol–water partition coefficient (Wildman–Crippen LogP) is 5.28. The van der Waals surface area contributed by atoms with Crippen molar-refractivity contribution in [2.45, 2.75) is 12.5 Å². The smallest absolute Gasteiger partial charge is 0.340 e. The van der Waals surface area contributed by atoms with Crippen molar-refractivity contribution < 1.29 is 14.3 Å². The van der Waals surface area contributed by atoms with Crippen LogP contribution in [0.5, 0.6) is 11.5 Å². The molecule has 0 fully saturated rings. The number of hydrogen-bond donors (Lipinski definition) is 0. The molecule has 0 saturated heterocycles. The number of nitrogens with zero attached hydrogens (tertiary/aromatic N) is 1. The first-order chi connectivity index (χ1) is 13.4. The maximum absolute atomic E-state index is 12.8. The number of fused-ring (bicyclic) bond motifs is 6. The molecule has 0 bridgehead atoms. The summed E-state index contributed by atoms with van der Waals surface area (Å²) in [6, 6.07) is 17.2. The summed E-state index contributed by atoms with van der Waals surface area (Å²) < 4.78 is 12.4. The Labute approximate surface area is 168 Å². The highest BCUT2D eigenvalue weighted by Gasteiger charge is 2.53. The summed E-state index contributed by atoms with van der Waals surface area (Å²) in [5.74, 6) is 0.921. The molecule has 5 heteroatoms. The van der Waals surface area contributed by atoms with Gasteiger partial charge in [-0.1, -0.05) is 29.8 Å². The second-order valence-corrected chi connectivity index (χ2v) is 7.80. The van der Waals surface area contributed by atoms with Crippen LogP contribution in [0.4, 0.5) is 5.69 Å². The molecule has 0 saturated carbocycles. The van der Waals surface area contributed by atoms with Gasteiger partial charge in [0.05, 0.1) is 5.56 Å². The Morgan fingerprint density at radius 2 is 1.68 bits per heavy atom. The van der Waals surface area contributed by atoms with E-state index in [0.29, 0.717) is 22.1 Å². The minimum absolute atomic E-state index is 0.336. The predicted molar refractivity (Wildman–Crippen MR) is 109 cm³/mol. The van der Waals surface area contributed by atoms with Crippen molar-refractivity contribution in [1.29, 1.82) is 0 Å². The highest BCUT2D eigenvalue weighted by molar-refractivity contribution is 6.31.